The number of carbonyl (C=O) groups excluding carboxylic acids is 1. The topological polar surface area (TPSA) is 55.1 Å². The third kappa shape index (κ3) is 3.25. The third-order valence-corrected chi connectivity index (χ3v) is 1.74. The monoisotopic (exact) mass is 230 g/mol. The van der Waals surface area contributed by atoms with E-state index in [1.54, 1.807) is 0 Å². The number of carbonyl (C=O) groups is 1. The van der Waals surface area contributed by atoms with E-state index in [0.717, 1.165) is 18.2 Å². The van der Waals surface area contributed by atoms with Gasteiger partial charge in [0.1, 0.15) is 11.6 Å². The zero-order valence-electron chi connectivity index (χ0n) is 7.59. The van der Waals surface area contributed by atoms with Crippen molar-refractivity contribution in [3.05, 3.63) is 35.4 Å². The number of nitrogens with one attached hydrogen (secondary N) is 1. The molecule has 0 aliphatic rings. The van der Waals surface area contributed by atoms with Gasteiger partial charge in [0, 0.05) is 0 Å². The van der Waals surface area contributed by atoms with E-state index < -0.39 is 17.5 Å². The van der Waals surface area contributed by atoms with E-state index in [9.17, 15) is 13.6 Å². The smallest absolute Gasteiger partial charge is 0.254 e. The average molecular weight is 230 g/mol. The number of hydrogen-bond donors (Lipinski definition) is 2. The standard InChI is InChI=1S/C9H8F2N2OS/c10-5-1-2-7(11)6(3-5)9(14)13-4-8(12)15/h1-3H,4H2,(H2,12,15)(H,13,14). The number of benzene rings is 1. The molecule has 0 aromatic heterocycles. The molecule has 80 valence electrons. The minimum Gasteiger partial charge on any atom is -0.392 e. The van der Waals surface area contributed by atoms with E-state index in [1.807, 2.05) is 0 Å². The lowest BCUT2D eigenvalue weighted by Gasteiger charge is -2.04. The van der Waals surface area contributed by atoms with E-state index in [2.05, 4.69) is 17.5 Å². The first-order chi connectivity index (χ1) is 7.00. The normalized spacial score (nSPS) is 9.73. The summed E-state index contributed by atoms with van der Waals surface area (Å²) in [4.78, 5) is 11.4. The molecule has 0 heterocycles. The highest BCUT2D eigenvalue weighted by atomic mass is 32.1. The minimum atomic E-state index is -0.795. The van der Waals surface area contributed by atoms with Crippen LogP contribution in [0.15, 0.2) is 18.2 Å². The summed E-state index contributed by atoms with van der Waals surface area (Å²) in [6.07, 6.45) is 0. The molecule has 1 aromatic rings. The van der Waals surface area contributed by atoms with Gasteiger partial charge < -0.3 is 11.1 Å². The second kappa shape index (κ2) is 4.79. The van der Waals surface area contributed by atoms with E-state index in [1.165, 1.54) is 0 Å². The molecule has 6 heteroatoms. The molecular formula is C9H8F2N2OS. The molecule has 0 aliphatic carbocycles. The van der Waals surface area contributed by atoms with Gasteiger partial charge in [0.15, 0.2) is 0 Å². The number of thiocarbonyl (C=S) groups is 1. The molecule has 1 amide bonds. The first-order valence-electron chi connectivity index (χ1n) is 4.02. The van der Waals surface area contributed by atoms with E-state index in [-0.39, 0.29) is 17.1 Å². The van der Waals surface area contributed by atoms with Crippen LogP contribution in [0, 0.1) is 11.6 Å². The lowest BCUT2D eigenvalue weighted by Crippen LogP contribution is -2.32. The van der Waals surface area contributed by atoms with Crippen molar-refractivity contribution in [2.24, 2.45) is 5.73 Å². The van der Waals surface area contributed by atoms with Crippen molar-refractivity contribution in [3.63, 3.8) is 0 Å². The Kier molecular flexibility index (Phi) is 3.68. The second-order valence-corrected chi connectivity index (χ2v) is 3.30. The second-order valence-electron chi connectivity index (χ2n) is 2.77. The average Bonchev–Trinajstić information content (AvgIpc) is 2.18. The summed E-state index contributed by atoms with van der Waals surface area (Å²) >= 11 is 4.52. The molecule has 0 saturated heterocycles. The molecule has 0 atom stereocenters. The Morgan fingerprint density at radius 3 is 2.73 bits per heavy atom. The van der Waals surface area contributed by atoms with Crippen LogP contribution in [0.2, 0.25) is 0 Å². The van der Waals surface area contributed by atoms with E-state index in [0.29, 0.717) is 0 Å². The van der Waals surface area contributed by atoms with Crippen molar-refractivity contribution >= 4 is 23.1 Å². The fourth-order valence-corrected chi connectivity index (χ4v) is 1.01. The number of amides is 1. The Hall–Kier alpha value is -1.56. The van der Waals surface area contributed by atoms with E-state index in [4.69, 9.17) is 5.73 Å². The van der Waals surface area contributed by atoms with Gasteiger partial charge in [0.2, 0.25) is 0 Å². The van der Waals surface area contributed by atoms with Crippen LogP contribution in [0.1, 0.15) is 10.4 Å². The Morgan fingerprint density at radius 1 is 1.47 bits per heavy atom. The van der Waals surface area contributed by atoms with Crippen LogP contribution in [0.3, 0.4) is 0 Å². The Labute approximate surface area is 90.3 Å². The van der Waals surface area contributed by atoms with Crippen LogP contribution in [0.4, 0.5) is 8.78 Å². The zero-order chi connectivity index (χ0) is 11.4. The number of halogens is 2. The molecule has 0 radical (unpaired) electrons. The lowest BCUT2D eigenvalue weighted by atomic mass is 10.2. The summed E-state index contributed by atoms with van der Waals surface area (Å²) in [5.41, 5.74) is 4.77. The van der Waals surface area contributed by atoms with Gasteiger partial charge in [-0.2, -0.15) is 0 Å². The van der Waals surface area contributed by atoms with Gasteiger partial charge in [-0.3, -0.25) is 4.79 Å². The van der Waals surface area contributed by atoms with E-state index >= 15 is 0 Å². The molecule has 3 nitrogen and oxygen atoms in total. The minimum absolute atomic E-state index is 0.0515. The molecule has 0 saturated carbocycles. The highest BCUT2D eigenvalue weighted by Gasteiger charge is 2.12. The van der Waals surface area contributed by atoms with Gasteiger partial charge in [0.25, 0.3) is 5.91 Å². The highest BCUT2D eigenvalue weighted by Crippen LogP contribution is 2.09. The molecule has 0 bridgehead atoms. The van der Waals surface area contributed by atoms with Crippen molar-refractivity contribution in [3.8, 4) is 0 Å². The fraction of sp³-hybridized carbons (Fsp3) is 0.111. The Bertz CT molecular complexity index is 409. The molecular weight excluding hydrogens is 222 g/mol. The summed E-state index contributed by atoms with van der Waals surface area (Å²) in [7, 11) is 0. The van der Waals surface area contributed by atoms with Gasteiger partial charge in [-0.25, -0.2) is 8.78 Å². The van der Waals surface area contributed by atoms with Crippen LogP contribution in [0.25, 0.3) is 0 Å². The van der Waals surface area contributed by atoms with Gasteiger partial charge >= 0.3 is 0 Å². The molecule has 1 aromatic carbocycles. The summed E-state index contributed by atoms with van der Waals surface area (Å²) < 4.78 is 25.8. The van der Waals surface area contributed by atoms with Crippen molar-refractivity contribution in [1.82, 2.24) is 5.32 Å². The molecule has 15 heavy (non-hydrogen) atoms. The van der Waals surface area contributed by atoms with Crippen molar-refractivity contribution < 1.29 is 13.6 Å². The fourth-order valence-electron chi connectivity index (χ4n) is 0.934. The number of rotatable bonds is 3. The van der Waals surface area contributed by atoms with Gasteiger partial charge in [0.05, 0.1) is 17.1 Å². The van der Waals surface area contributed by atoms with Gasteiger partial charge in [-0.05, 0) is 18.2 Å². The summed E-state index contributed by atoms with van der Waals surface area (Å²) in [6.45, 7) is -0.0515. The first kappa shape index (κ1) is 11.5. The maximum atomic E-state index is 13.1. The lowest BCUT2D eigenvalue weighted by molar-refractivity contribution is 0.0955. The predicted molar refractivity (Wildman–Crippen MR) is 55.5 cm³/mol. The molecule has 3 N–H and O–H groups in total. The third-order valence-electron chi connectivity index (χ3n) is 1.60. The largest absolute Gasteiger partial charge is 0.392 e. The zero-order valence-corrected chi connectivity index (χ0v) is 8.41. The molecule has 1 rings (SSSR count). The van der Waals surface area contributed by atoms with Gasteiger partial charge in [-0.1, -0.05) is 12.2 Å². The van der Waals surface area contributed by atoms with Crippen LogP contribution < -0.4 is 11.1 Å². The number of nitrogens with two attached hydrogens (primary N) is 1. The molecule has 0 spiro atoms. The van der Waals surface area contributed by atoms with Crippen LogP contribution in [0.5, 0.6) is 0 Å². The summed E-state index contributed by atoms with van der Waals surface area (Å²) in [5, 5.41) is 2.25. The maximum Gasteiger partial charge on any atom is 0.254 e. The Morgan fingerprint density at radius 2 is 2.13 bits per heavy atom. The van der Waals surface area contributed by atoms with Crippen molar-refractivity contribution in [2.45, 2.75) is 0 Å². The summed E-state index contributed by atoms with van der Waals surface area (Å²) in [6, 6.07) is 2.62. The predicted octanol–water partition coefficient (Wildman–Crippen LogP) is 0.981. The first-order valence-corrected chi connectivity index (χ1v) is 4.43. The van der Waals surface area contributed by atoms with Gasteiger partial charge in [-0.15, -0.1) is 0 Å². The number of hydrogen-bond acceptors (Lipinski definition) is 2. The molecule has 0 fully saturated rings. The maximum absolute atomic E-state index is 13.1. The summed E-state index contributed by atoms with van der Waals surface area (Å²) in [5.74, 6) is -2.23. The highest BCUT2D eigenvalue weighted by molar-refractivity contribution is 7.80. The quantitative estimate of drug-likeness (QED) is 0.761. The molecule has 0 aliphatic heterocycles. The van der Waals surface area contributed by atoms with Crippen LogP contribution >= 0.6 is 12.2 Å². The van der Waals surface area contributed by atoms with Crippen molar-refractivity contribution in [1.29, 1.82) is 0 Å². The van der Waals surface area contributed by atoms with Crippen LogP contribution in [-0.2, 0) is 0 Å². The van der Waals surface area contributed by atoms with Crippen molar-refractivity contribution in [2.75, 3.05) is 6.54 Å². The molecule has 0 unspecified atom stereocenters. The SMILES string of the molecule is NC(=S)CNC(=O)c1cc(F)ccc1F. The van der Waals surface area contributed by atoms with Crippen LogP contribution in [-0.4, -0.2) is 17.4 Å². The Balaban J connectivity index is 2.81.